The van der Waals surface area contributed by atoms with Crippen molar-refractivity contribution in [3.8, 4) is 22.9 Å². The van der Waals surface area contributed by atoms with Crippen molar-refractivity contribution in [1.29, 1.82) is 0 Å². The number of methoxy groups -OCH3 is 2. The van der Waals surface area contributed by atoms with Gasteiger partial charge in [0.1, 0.15) is 5.76 Å². The second kappa shape index (κ2) is 9.17. The molecule has 0 radical (unpaired) electrons. The summed E-state index contributed by atoms with van der Waals surface area (Å²) in [6.45, 7) is 0.379. The van der Waals surface area contributed by atoms with Crippen molar-refractivity contribution in [1.82, 2.24) is 14.8 Å². The molecule has 0 unspecified atom stereocenters. The van der Waals surface area contributed by atoms with Gasteiger partial charge in [-0.15, -0.1) is 5.10 Å². The van der Waals surface area contributed by atoms with Gasteiger partial charge in [-0.05, 0) is 29.8 Å². The molecular weight excluding hydrogens is 396 g/mol. The average Bonchev–Trinajstić information content (AvgIpc) is 3.48. The first-order chi connectivity index (χ1) is 15.2. The lowest BCUT2D eigenvalue weighted by Gasteiger charge is -2.10. The number of nitrogens with zero attached hydrogens (tertiary/aromatic N) is 3. The maximum Gasteiger partial charge on any atom is 0.254 e. The van der Waals surface area contributed by atoms with E-state index in [2.05, 4.69) is 15.4 Å². The zero-order valence-electron chi connectivity index (χ0n) is 17.2. The van der Waals surface area contributed by atoms with Crippen molar-refractivity contribution in [2.24, 2.45) is 0 Å². The fraction of sp³-hybridized carbons (Fsp3) is 0.174. The van der Waals surface area contributed by atoms with Crippen molar-refractivity contribution < 1.29 is 18.7 Å². The summed E-state index contributed by atoms with van der Waals surface area (Å²) in [6, 6.07) is 18.5. The second-order valence-electron chi connectivity index (χ2n) is 6.73. The molecule has 0 aliphatic rings. The van der Waals surface area contributed by atoms with Crippen molar-refractivity contribution in [2.45, 2.75) is 13.0 Å². The lowest BCUT2D eigenvalue weighted by molar-refractivity contribution is 0.0901. The molecule has 2 aromatic heterocycles. The molecule has 1 N–H and O–H groups in total. The Morgan fingerprint density at radius 3 is 2.55 bits per heavy atom. The summed E-state index contributed by atoms with van der Waals surface area (Å²) in [5.74, 6) is 2.47. The number of nitrogens with one attached hydrogen (secondary N) is 1. The van der Waals surface area contributed by atoms with Crippen LogP contribution in [0.3, 0.4) is 0 Å². The number of carbonyl (C=O) groups excluding carboxylic acids is 1. The Bertz CT molecular complexity index is 1150. The second-order valence-corrected chi connectivity index (χ2v) is 6.73. The third kappa shape index (κ3) is 4.58. The molecule has 0 atom stereocenters. The van der Waals surface area contributed by atoms with Crippen molar-refractivity contribution in [3.05, 3.63) is 78.3 Å². The molecular formula is C23H22N4O4. The standard InChI is InChI=1S/C23H22N4O4/c1-29-19-11-10-16(13-20(19)30-2)14-21(28)27-23(24-15-18-9-6-12-31-18)25-22(26-27)17-7-4-3-5-8-17/h3-13H,14-15H2,1-2H3,(H,24,25,26). The third-order valence-corrected chi connectivity index (χ3v) is 4.68. The number of hydrogen-bond acceptors (Lipinski definition) is 7. The number of carbonyl (C=O) groups is 1. The van der Waals surface area contributed by atoms with Gasteiger partial charge in [0.05, 0.1) is 33.4 Å². The average molecular weight is 418 g/mol. The number of hydrogen-bond donors (Lipinski definition) is 1. The molecule has 0 saturated heterocycles. The van der Waals surface area contributed by atoms with Gasteiger partial charge in [0.2, 0.25) is 5.95 Å². The van der Waals surface area contributed by atoms with Gasteiger partial charge in [0.15, 0.2) is 17.3 Å². The van der Waals surface area contributed by atoms with Crippen LogP contribution in [0.5, 0.6) is 11.5 Å². The number of ether oxygens (including phenoxy) is 2. The van der Waals surface area contributed by atoms with Gasteiger partial charge in [-0.25, -0.2) is 0 Å². The van der Waals surface area contributed by atoms with Crippen LogP contribution in [0, 0.1) is 0 Å². The van der Waals surface area contributed by atoms with Gasteiger partial charge < -0.3 is 19.2 Å². The fourth-order valence-electron chi connectivity index (χ4n) is 3.13. The monoisotopic (exact) mass is 418 g/mol. The highest BCUT2D eigenvalue weighted by Gasteiger charge is 2.18. The number of benzene rings is 2. The Kier molecular flexibility index (Phi) is 5.98. The Morgan fingerprint density at radius 1 is 1.03 bits per heavy atom. The van der Waals surface area contributed by atoms with E-state index < -0.39 is 0 Å². The van der Waals surface area contributed by atoms with Crippen LogP contribution in [0.4, 0.5) is 5.95 Å². The highest BCUT2D eigenvalue weighted by atomic mass is 16.5. The molecule has 0 aliphatic heterocycles. The lowest BCUT2D eigenvalue weighted by atomic mass is 10.1. The molecule has 0 saturated carbocycles. The molecule has 2 aromatic carbocycles. The highest BCUT2D eigenvalue weighted by molar-refractivity contribution is 5.83. The quantitative estimate of drug-likeness (QED) is 0.461. The molecule has 31 heavy (non-hydrogen) atoms. The van der Waals surface area contributed by atoms with Crippen LogP contribution in [0.1, 0.15) is 16.1 Å². The van der Waals surface area contributed by atoms with Gasteiger partial charge in [-0.2, -0.15) is 9.67 Å². The normalized spacial score (nSPS) is 10.6. The third-order valence-electron chi connectivity index (χ3n) is 4.68. The van der Waals surface area contributed by atoms with E-state index in [-0.39, 0.29) is 12.3 Å². The zero-order chi connectivity index (χ0) is 21.6. The van der Waals surface area contributed by atoms with Gasteiger partial charge in [0, 0.05) is 5.56 Å². The van der Waals surface area contributed by atoms with Crippen LogP contribution in [0.25, 0.3) is 11.4 Å². The van der Waals surface area contributed by atoms with Crippen LogP contribution >= 0.6 is 0 Å². The van der Waals surface area contributed by atoms with E-state index in [1.54, 1.807) is 38.7 Å². The Hall–Kier alpha value is -4.07. The summed E-state index contributed by atoms with van der Waals surface area (Å²) >= 11 is 0. The van der Waals surface area contributed by atoms with E-state index in [4.69, 9.17) is 13.9 Å². The van der Waals surface area contributed by atoms with E-state index in [0.29, 0.717) is 29.8 Å². The molecule has 0 fully saturated rings. The SMILES string of the molecule is COc1ccc(CC(=O)n2nc(-c3ccccc3)nc2NCc2ccco2)cc1OC. The summed E-state index contributed by atoms with van der Waals surface area (Å²) in [5, 5.41) is 7.60. The number of aromatic nitrogens is 3. The van der Waals surface area contributed by atoms with E-state index in [1.807, 2.05) is 42.5 Å². The smallest absolute Gasteiger partial charge is 0.254 e. The maximum atomic E-state index is 13.1. The van der Waals surface area contributed by atoms with Crippen molar-refractivity contribution in [3.63, 3.8) is 0 Å². The molecule has 0 amide bonds. The van der Waals surface area contributed by atoms with Gasteiger partial charge >= 0.3 is 0 Å². The molecule has 2 heterocycles. The first-order valence-electron chi connectivity index (χ1n) is 9.71. The van der Waals surface area contributed by atoms with Crippen LogP contribution < -0.4 is 14.8 Å². The molecule has 8 nitrogen and oxygen atoms in total. The van der Waals surface area contributed by atoms with Gasteiger partial charge in [0.25, 0.3) is 5.91 Å². The minimum atomic E-state index is -0.233. The number of anilines is 1. The maximum absolute atomic E-state index is 13.1. The molecule has 0 aliphatic carbocycles. The van der Waals surface area contributed by atoms with Crippen LogP contribution in [-0.2, 0) is 13.0 Å². The highest BCUT2D eigenvalue weighted by Crippen LogP contribution is 2.28. The molecule has 4 rings (SSSR count). The first-order valence-corrected chi connectivity index (χ1v) is 9.71. The minimum Gasteiger partial charge on any atom is -0.493 e. The van der Waals surface area contributed by atoms with Crippen LogP contribution in [-0.4, -0.2) is 34.9 Å². The van der Waals surface area contributed by atoms with E-state index >= 15 is 0 Å². The summed E-state index contributed by atoms with van der Waals surface area (Å²) in [4.78, 5) is 17.7. The zero-order valence-corrected chi connectivity index (χ0v) is 17.2. The Labute approximate surface area is 179 Å². The van der Waals surface area contributed by atoms with E-state index in [9.17, 15) is 4.79 Å². The molecule has 0 bridgehead atoms. The largest absolute Gasteiger partial charge is 0.493 e. The Balaban J connectivity index is 1.61. The predicted octanol–water partition coefficient (Wildman–Crippen LogP) is 4.05. The summed E-state index contributed by atoms with van der Waals surface area (Å²) in [6.07, 6.45) is 1.72. The first kappa shape index (κ1) is 20.2. The lowest BCUT2D eigenvalue weighted by Crippen LogP contribution is -2.18. The molecule has 4 aromatic rings. The summed E-state index contributed by atoms with van der Waals surface area (Å²) in [7, 11) is 3.13. The van der Waals surface area contributed by atoms with Crippen LogP contribution in [0.15, 0.2) is 71.3 Å². The topological polar surface area (TPSA) is 91.4 Å². The number of rotatable bonds is 8. The number of furan rings is 1. The summed E-state index contributed by atoms with van der Waals surface area (Å²) in [5.41, 5.74) is 1.60. The van der Waals surface area contributed by atoms with E-state index in [0.717, 1.165) is 16.9 Å². The van der Waals surface area contributed by atoms with Crippen molar-refractivity contribution >= 4 is 11.9 Å². The Morgan fingerprint density at radius 2 is 1.84 bits per heavy atom. The van der Waals surface area contributed by atoms with Crippen LogP contribution in [0.2, 0.25) is 0 Å². The van der Waals surface area contributed by atoms with Gasteiger partial charge in [-0.3, -0.25) is 4.79 Å². The fourth-order valence-corrected chi connectivity index (χ4v) is 3.13. The van der Waals surface area contributed by atoms with Crippen molar-refractivity contribution in [2.75, 3.05) is 19.5 Å². The predicted molar refractivity (Wildman–Crippen MR) is 115 cm³/mol. The molecule has 158 valence electrons. The molecule has 0 spiro atoms. The molecule has 8 heteroatoms. The van der Waals surface area contributed by atoms with E-state index in [1.165, 1.54) is 4.68 Å². The minimum absolute atomic E-state index is 0.118. The van der Waals surface area contributed by atoms with Gasteiger partial charge in [-0.1, -0.05) is 36.4 Å². The summed E-state index contributed by atoms with van der Waals surface area (Å²) < 4.78 is 17.3.